The Hall–Kier alpha value is -2.20. The number of nitrogens with zero attached hydrogens (tertiary/aromatic N) is 4. The molecule has 30 heavy (non-hydrogen) atoms. The number of halogens is 1. The second-order valence-corrected chi connectivity index (χ2v) is 9.33. The summed E-state index contributed by atoms with van der Waals surface area (Å²) in [4.78, 5) is 28.6. The zero-order valence-corrected chi connectivity index (χ0v) is 19.2. The van der Waals surface area contributed by atoms with Gasteiger partial charge in [0.2, 0.25) is 22.1 Å². The number of anilines is 2. The highest BCUT2D eigenvalue weighted by Gasteiger charge is 2.30. The quantitative estimate of drug-likeness (QED) is 0.665. The number of methoxy groups -OCH3 is 1. The molecule has 1 atom stereocenters. The van der Waals surface area contributed by atoms with Crippen molar-refractivity contribution >= 4 is 49.3 Å². The summed E-state index contributed by atoms with van der Waals surface area (Å²) in [7, 11) is 1.62. The number of amides is 2. The highest BCUT2D eigenvalue weighted by Crippen LogP contribution is 2.32. The van der Waals surface area contributed by atoms with Crippen LogP contribution >= 0.6 is 27.3 Å². The van der Waals surface area contributed by atoms with Crippen molar-refractivity contribution in [1.82, 2.24) is 15.5 Å². The first-order chi connectivity index (χ1) is 14.5. The molecule has 2 aliphatic heterocycles. The normalized spacial score (nSPS) is 19.3. The summed E-state index contributed by atoms with van der Waals surface area (Å²) in [6.07, 6.45) is 3.19. The minimum absolute atomic E-state index is 0.0289. The van der Waals surface area contributed by atoms with Gasteiger partial charge in [0.1, 0.15) is 5.75 Å². The van der Waals surface area contributed by atoms with Gasteiger partial charge >= 0.3 is 0 Å². The lowest BCUT2D eigenvalue weighted by molar-refractivity contribution is -0.125. The highest BCUT2D eigenvalue weighted by atomic mass is 79.9. The molecule has 2 aromatic rings. The molecule has 1 N–H and O–H groups in total. The number of aromatic nitrogens is 2. The van der Waals surface area contributed by atoms with E-state index in [-0.39, 0.29) is 17.7 Å². The molecule has 0 bridgehead atoms. The fourth-order valence-corrected chi connectivity index (χ4v) is 5.21. The number of nitrogens with one attached hydrogen (secondary N) is 1. The first-order valence-corrected chi connectivity index (χ1v) is 11.6. The first-order valence-electron chi connectivity index (χ1n) is 10.0. The second-order valence-electron chi connectivity index (χ2n) is 7.48. The molecule has 1 aromatic carbocycles. The van der Waals surface area contributed by atoms with Crippen LogP contribution in [0.25, 0.3) is 0 Å². The van der Waals surface area contributed by atoms with Gasteiger partial charge in [0.25, 0.3) is 0 Å². The van der Waals surface area contributed by atoms with Crippen molar-refractivity contribution < 1.29 is 14.3 Å². The second kappa shape index (κ2) is 9.30. The standard InChI is InChI=1S/C20H24BrN5O3S/c1-29-16-7-6-15(21)10-14(16)11-22-18(28)13-4-2-8-25(12-13)19-23-24-20(30-19)26-9-3-5-17(26)27/h6-7,10,13H,2-5,8-9,11-12H2,1H3,(H,22,28). The smallest absolute Gasteiger partial charge is 0.228 e. The van der Waals surface area contributed by atoms with Crippen LogP contribution in [0.1, 0.15) is 31.2 Å². The molecular weight excluding hydrogens is 470 g/mol. The zero-order chi connectivity index (χ0) is 21.1. The topological polar surface area (TPSA) is 87.7 Å². The van der Waals surface area contributed by atoms with Crippen LogP contribution < -0.4 is 19.9 Å². The van der Waals surface area contributed by atoms with Crippen LogP contribution in [0.15, 0.2) is 22.7 Å². The molecule has 2 aliphatic rings. The number of carbonyl (C=O) groups is 2. The molecule has 2 fully saturated rings. The third-order valence-corrected chi connectivity index (χ3v) is 6.97. The fraction of sp³-hybridized carbons (Fsp3) is 0.500. The summed E-state index contributed by atoms with van der Waals surface area (Å²) in [5, 5.41) is 13.0. The van der Waals surface area contributed by atoms with Gasteiger partial charge in [-0.25, -0.2) is 0 Å². The van der Waals surface area contributed by atoms with Crippen LogP contribution in [0.2, 0.25) is 0 Å². The predicted molar refractivity (Wildman–Crippen MR) is 119 cm³/mol. The number of piperidine rings is 1. The van der Waals surface area contributed by atoms with Crippen LogP contribution in [-0.2, 0) is 16.1 Å². The van der Waals surface area contributed by atoms with Crippen molar-refractivity contribution in [3.8, 4) is 5.75 Å². The largest absolute Gasteiger partial charge is 0.496 e. The lowest BCUT2D eigenvalue weighted by atomic mass is 9.97. The Balaban J connectivity index is 1.37. The van der Waals surface area contributed by atoms with E-state index in [0.29, 0.717) is 31.2 Å². The molecule has 10 heteroatoms. The molecule has 4 rings (SSSR count). The van der Waals surface area contributed by atoms with Gasteiger partial charge in [-0.2, -0.15) is 0 Å². The van der Waals surface area contributed by atoms with Crippen LogP contribution in [0, 0.1) is 5.92 Å². The maximum absolute atomic E-state index is 12.8. The molecule has 2 amide bonds. The molecule has 3 heterocycles. The van der Waals surface area contributed by atoms with Gasteiger partial charge < -0.3 is 15.0 Å². The summed E-state index contributed by atoms with van der Waals surface area (Å²) in [6.45, 7) is 2.56. The molecule has 0 spiro atoms. The van der Waals surface area contributed by atoms with E-state index in [1.807, 2.05) is 18.2 Å². The lowest BCUT2D eigenvalue weighted by Crippen LogP contribution is -2.43. The molecule has 2 saturated heterocycles. The molecule has 8 nitrogen and oxygen atoms in total. The van der Waals surface area contributed by atoms with E-state index in [0.717, 1.165) is 46.7 Å². The van der Waals surface area contributed by atoms with Gasteiger partial charge in [0.05, 0.1) is 13.0 Å². The Bertz CT molecular complexity index is 937. The van der Waals surface area contributed by atoms with Gasteiger partial charge in [-0.3, -0.25) is 14.5 Å². The van der Waals surface area contributed by atoms with Crippen LogP contribution in [-0.4, -0.2) is 48.8 Å². The van der Waals surface area contributed by atoms with E-state index in [1.54, 1.807) is 12.0 Å². The average molecular weight is 494 g/mol. The molecule has 0 radical (unpaired) electrons. The van der Waals surface area contributed by atoms with Gasteiger partial charge in [0, 0.05) is 42.6 Å². The highest BCUT2D eigenvalue weighted by molar-refractivity contribution is 9.10. The Morgan fingerprint density at radius 1 is 1.30 bits per heavy atom. The minimum atomic E-state index is -0.113. The first kappa shape index (κ1) is 21.0. The van der Waals surface area contributed by atoms with E-state index < -0.39 is 0 Å². The number of rotatable bonds is 6. The molecule has 1 aromatic heterocycles. The molecule has 0 saturated carbocycles. The van der Waals surface area contributed by atoms with E-state index in [2.05, 4.69) is 36.3 Å². The third-order valence-electron chi connectivity index (χ3n) is 5.47. The number of benzene rings is 1. The van der Waals surface area contributed by atoms with Crippen molar-refractivity contribution in [2.24, 2.45) is 5.92 Å². The lowest BCUT2D eigenvalue weighted by Gasteiger charge is -2.31. The number of hydrogen-bond acceptors (Lipinski definition) is 7. The van der Waals surface area contributed by atoms with Gasteiger partial charge in [-0.05, 0) is 37.5 Å². The SMILES string of the molecule is COc1ccc(Br)cc1CNC(=O)C1CCCN(c2nnc(N3CCCC3=O)s2)C1. The number of carbonyl (C=O) groups excluding carboxylic acids is 2. The van der Waals surface area contributed by atoms with Crippen molar-refractivity contribution in [3.63, 3.8) is 0 Å². The predicted octanol–water partition coefficient (Wildman–Crippen LogP) is 2.97. The summed E-state index contributed by atoms with van der Waals surface area (Å²) < 4.78 is 6.33. The fourth-order valence-electron chi connectivity index (χ4n) is 3.87. The Morgan fingerprint density at radius 3 is 2.90 bits per heavy atom. The third kappa shape index (κ3) is 4.59. The maximum Gasteiger partial charge on any atom is 0.228 e. The van der Waals surface area contributed by atoms with Gasteiger partial charge in [0.15, 0.2) is 0 Å². The Morgan fingerprint density at radius 2 is 2.13 bits per heavy atom. The van der Waals surface area contributed by atoms with Crippen molar-refractivity contribution in [2.45, 2.75) is 32.2 Å². The van der Waals surface area contributed by atoms with Crippen molar-refractivity contribution in [3.05, 3.63) is 28.2 Å². The van der Waals surface area contributed by atoms with Crippen molar-refractivity contribution in [2.75, 3.05) is 36.5 Å². The Labute approximate surface area is 187 Å². The molecule has 0 aliphatic carbocycles. The van der Waals surface area contributed by atoms with Crippen LogP contribution in [0.5, 0.6) is 5.75 Å². The van der Waals surface area contributed by atoms with E-state index in [9.17, 15) is 9.59 Å². The van der Waals surface area contributed by atoms with E-state index in [4.69, 9.17) is 4.74 Å². The minimum Gasteiger partial charge on any atom is -0.496 e. The van der Waals surface area contributed by atoms with Crippen LogP contribution in [0.3, 0.4) is 0 Å². The van der Waals surface area contributed by atoms with Crippen molar-refractivity contribution in [1.29, 1.82) is 0 Å². The summed E-state index contributed by atoms with van der Waals surface area (Å²) in [5.74, 6) is 0.775. The maximum atomic E-state index is 12.8. The van der Waals surface area contributed by atoms with Crippen LogP contribution in [0.4, 0.5) is 10.3 Å². The Kier molecular flexibility index (Phi) is 6.52. The summed E-state index contributed by atoms with van der Waals surface area (Å²) in [5.41, 5.74) is 0.928. The molecule has 160 valence electrons. The van der Waals surface area contributed by atoms with Gasteiger partial charge in [-0.1, -0.05) is 27.3 Å². The zero-order valence-electron chi connectivity index (χ0n) is 16.8. The van der Waals surface area contributed by atoms with E-state index in [1.165, 1.54) is 11.3 Å². The van der Waals surface area contributed by atoms with E-state index >= 15 is 0 Å². The van der Waals surface area contributed by atoms with Gasteiger partial charge in [-0.15, -0.1) is 10.2 Å². The number of ether oxygens (including phenoxy) is 1. The molecule has 1 unspecified atom stereocenters. The number of hydrogen-bond donors (Lipinski definition) is 1. The average Bonchev–Trinajstić information content (AvgIpc) is 3.41. The molecular formula is C20H24BrN5O3S. The monoisotopic (exact) mass is 493 g/mol. The summed E-state index contributed by atoms with van der Waals surface area (Å²) >= 11 is 4.89. The summed E-state index contributed by atoms with van der Waals surface area (Å²) in [6, 6.07) is 5.75.